The van der Waals surface area contributed by atoms with Gasteiger partial charge in [0.05, 0.1) is 5.56 Å². The Morgan fingerprint density at radius 1 is 1.50 bits per heavy atom. The summed E-state index contributed by atoms with van der Waals surface area (Å²) in [7, 11) is 1.75. The molecule has 0 aliphatic heterocycles. The van der Waals surface area contributed by atoms with E-state index >= 15 is 0 Å². The van der Waals surface area contributed by atoms with Gasteiger partial charge in [0, 0.05) is 11.6 Å². The summed E-state index contributed by atoms with van der Waals surface area (Å²) in [6, 6.07) is 4.17. The van der Waals surface area contributed by atoms with Crippen LogP contribution in [-0.2, 0) is 0 Å². The number of rotatable bonds is 3. The van der Waals surface area contributed by atoms with Crippen molar-refractivity contribution in [3.8, 4) is 5.75 Å². The van der Waals surface area contributed by atoms with E-state index in [0.29, 0.717) is 5.56 Å². The molecule has 0 fully saturated rings. The number of benzene rings is 1. The highest BCUT2D eigenvalue weighted by molar-refractivity contribution is 5.88. The highest BCUT2D eigenvalue weighted by Gasteiger charge is 2.11. The van der Waals surface area contributed by atoms with Crippen LogP contribution in [0.4, 0.5) is 0 Å². The van der Waals surface area contributed by atoms with Gasteiger partial charge in [0.15, 0.2) is 0 Å². The van der Waals surface area contributed by atoms with Gasteiger partial charge in [0.25, 0.3) is 0 Å². The first-order chi connectivity index (χ1) is 6.56. The Morgan fingerprint density at radius 3 is 2.64 bits per heavy atom. The second-order valence-electron chi connectivity index (χ2n) is 3.09. The van der Waals surface area contributed by atoms with Crippen molar-refractivity contribution in [1.29, 1.82) is 0 Å². The van der Waals surface area contributed by atoms with Crippen LogP contribution in [0.1, 0.15) is 28.9 Å². The average molecular weight is 195 g/mol. The summed E-state index contributed by atoms with van der Waals surface area (Å²) in [5.74, 6) is -0.883. The Balaban J connectivity index is 3.14. The quantitative estimate of drug-likeness (QED) is 0.681. The third-order valence-corrected chi connectivity index (χ3v) is 2.17. The summed E-state index contributed by atoms with van der Waals surface area (Å²) in [6.45, 7) is 1.85. The number of aromatic hydroxyl groups is 1. The van der Waals surface area contributed by atoms with Crippen molar-refractivity contribution < 1.29 is 15.0 Å². The lowest BCUT2D eigenvalue weighted by molar-refractivity contribution is 0.0696. The van der Waals surface area contributed by atoms with Crippen LogP contribution in [0, 0.1) is 0 Å². The Bertz CT molecular complexity index is 349. The molecule has 14 heavy (non-hydrogen) atoms. The molecule has 0 aromatic heterocycles. The van der Waals surface area contributed by atoms with Crippen LogP contribution >= 0.6 is 0 Å². The summed E-state index contributed by atoms with van der Waals surface area (Å²) in [5, 5.41) is 21.2. The predicted octanol–water partition coefficient (Wildman–Crippen LogP) is 1.37. The minimum atomic E-state index is -0.991. The molecule has 0 aliphatic carbocycles. The zero-order valence-corrected chi connectivity index (χ0v) is 8.11. The number of phenolic OH excluding ortho intramolecular Hbond substituents is 1. The Kier molecular flexibility index (Phi) is 3.09. The molecule has 0 aliphatic rings. The molecule has 0 radical (unpaired) electrons. The third-order valence-electron chi connectivity index (χ3n) is 2.17. The molecule has 4 nitrogen and oxygen atoms in total. The molecule has 0 spiro atoms. The van der Waals surface area contributed by atoms with E-state index in [1.165, 1.54) is 18.2 Å². The van der Waals surface area contributed by atoms with Gasteiger partial charge in [-0.3, -0.25) is 0 Å². The highest BCUT2D eigenvalue weighted by Crippen LogP contribution is 2.24. The Labute approximate surface area is 82.2 Å². The molecule has 0 bridgehead atoms. The smallest absolute Gasteiger partial charge is 0.335 e. The minimum Gasteiger partial charge on any atom is -0.508 e. The van der Waals surface area contributed by atoms with Crippen LogP contribution in [0.2, 0.25) is 0 Å². The van der Waals surface area contributed by atoms with E-state index < -0.39 is 5.97 Å². The van der Waals surface area contributed by atoms with Crippen LogP contribution < -0.4 is 5.32 Å². The molecule has 1 aromatic rings. The van der Waals surface area contributed by atoms with E-state index in [0.717, 1.165) is 0 Å². The lowest BCUT2D eigenvalue weighted by atomic mass is 10.0. The number of nitrogens with one attached hydrogen (secondary N) is 1. The maximum atomic E-state index is 10.7. The maximum Gasteiger partial charge on any atom is 0.335 e. The Hall–Kier alpha value is -1.55. The van der Waals surface area contributed by atoms with Crippen molar-refractivity contribution in [3.05, 3.63) is 29.3 Å². The fourth-order valence-corrected chi connectivity index (χ4v) is 1.19. The predicted molar refractivity (Wildman–Crippen MR) is 52.5 cm³/mol. The summed E-state index contributed by atoms with van der Waals surface area (Å²) >= 11 is 0. The molecule has 0 amide bonds. The molecule has 1 aromatic carbocycles. The number of hydrogen-bond acceptors (Lipinski definition) is 3. The number of carboxylic acid groups (broad SMARTS) is 1. The number of aromatic carboxylic acids is 1. The molecule has 0 saturated heterocycles. The lowest BCUT2D eigenvalue weighted by Crippen LogP contribution is -2.13. The standard InChI is InChI=1S/C10H13NO3/c1-6(11-2)8-5-7(10(13)14)3-4-9(8)12/h3-6,11-12H,1-2H3,(H,13,14). The number of phenols is 1. The molecule has 76 valence electrons. The van der Waals surface area contributed by atoms with Crippen LogP contribution in [-0.4, -0.2) is 23.2 Å². The Morgan fingerprint density at radius 2 is 2.14 bits per heavy atom. The van der Waals surface area contributed by atoms with Gasteiger partial charge in [0.2, 0.25) is 0 Å². The largest absolute Gasteiger partial charge is 0.508 e. The molecule has 1 atom stereocenters. The first-order valence-corrected chi connectivity index (χ1v) is 4.29. The molecule has 3 N–H and O–H groups in total. The monoisotopic (exact) mass is 195 g/mol. The number of carbonyl (C=O) groups is 1. The zero-order chi connectivity index (χ0) is 10.7. The van der Waals surface area contributed by atoms with Crippen molar-refractivity contribution in [3.63, 3.8) is 0 Å². The van der Waals surface area contributed by atoms with Crippen LogP contribution in [0.15, 0.2) is 18.2 Å². The second kappa shape index (κ2) is 4.11. The summed E-state index contributed by atoms with van der Waals surface area (Å²) in [4.78, 5) is 10.7. The van der Waals surface area contributed by atoms with E-state index in [1.54, 1.807) is 7.05 Å². The summed E-state index contributed by atoms with van der Waals surface area (Å²) < 4.78 is 0. The van der Waals surface area contributed by atoms with Crippen LogP contribution in [0.25, 0.3) is 0 Å². The molecule has 1 unspecified atom stereocenters. The van der Waals surface area contributed by atoms with Crippen molar-refractivity contribution in [2.24, 2.45) is 0 Å². The third kappa shape index (κ3) is 2.03. The molecule has 4 heteroatoms. The van der Waals surface area contributed by atoms with Gasteiger partial charge in [-0.25, -0.2) is 4.79 Å². The molecular weight excluding hydrogens is 182 g/mol. The van der Waals surface area contributed by atoms with E-state index in [1.807, 2.05) is 6.92 Å². The van der Waals surface area contributed by atoms with Crippen molar-refractivity contribution in [2.45, 2.75) is 13.0 Å². The lowest BCUT2D eigenvalue weighted by Gasteiger charge is -2.12. The van der Waals surface area contributed by atoms with E-state index in [2.05, 4.69) is 5.32 Å². The highest BCUT2D eigenvalue weighted by atomic mass is 16.4. The minimum absolute atomic E-state index is 0.0747. The zero-order valence-electron chi connectivity index (χ0n) is 8.11. The van der Waals surface area contributed by atoms with Gasteiger partial charge in [-0.15, -0.1) is 0 Å². The fraction of sp³-hybridized carbons (Fsp3) is 0.300. The molecule has 0 heterocycles. The maximum absolute atomic E-state index is 10.7. The van der Waals surface area contributed by atoms with Gasteiger partial charge in [0.1, 0.15) is 5.75 Å². The SMILES string of the molecule is CNC(C)c1cc(C(=O)O)ccc1O. The van der Waals surface area contributed by atoms with Crippen molar-refractivity contribution in [2.75, 3.05) is 7.05 Å². The van der Waals surface area contributed by atoms with Gasteiger partial charge in [-0.2, -0.15) is 0 Å². The second-order valence-corrected chi connectivity index (χ2v) is 3.09. The van der Waals surface area contributed by atoms with Gasteiger partial charge in [-0.1, -0.05) is 0 Å². The first kappa shape index (κ1) is 10.5. The van der Waals surface area contributed by atoms with E-state index in [-0.39, 0.29) is 17.4 Å². The number of hydrogen-bond donors (Lipinski definition) is 3. The topological polar surface area (TPSA) is 69.6 Å². The van der Waals surface area contributed by atoms with Crippen LogP contribution in [0.5, 0.6) is 5.75 Å². The normalized spacial score (nSPS) is 12.4. The first-order valence-electron chi connectivity index (χ1n) is 4.29. The molecule has 1 rings (SSSR count). The van der Waals surface area contributed by atoms with Crippen molar-refractivity contribution >= 4 is 5.97 Å². The summed E-state index contributed by atoms with van der Waals surface area (Å²) in [6.07, 6.45) is 0. The fourth-order valence-electron chi connectivity index (χ4n) is 1.19. The summed E-state index contributed by atoms with van der Waals surface area (Å²) in [5.41, 5.74) is 0.771. The van der Waals surface area contributed by atoms with E-state index in [9.17, 15) is 9.90 Å². The molecule has 0 saturated carbocycles. The van der Waals surface area contributed by atoms with Gasteiger partial charge < -0.3 is 15.5 Å². The van der Waals surface area contributed by atoms with Gasteiger partial charge in [-0.05, 0) is 32.2 Å². The van der Waals surface area contributed by atoms with Crippen LogP contribution in [0.3, 0.4) is 0 Å². The number of carboxylic acids is 1. The van der Waals surface area contributed by atoms with Crippen molar-refractivity contribution in [1.82, 2.24) is 5.32 Å². The average Bonchev–Trinajstić information content (AvgIpc) is 2.17. The molecular formula is C10H13NO3. The van der Waals surface area contributed by atoms with Gasteiger partial charge >= 0.3 is 5.97 Å². The van der Waals surface area contributed by atoms with E-state index in [4.69, 9.17) is 5.11 Å².